The van der Waals surface area contributed by atoms with Crippen LogP contribution in [0.3, 0.4) is 0 Å². The average molecular weight is 350 g/mol. The molecule has 3 nitrogen and oxygen atoms in total. The number of esters is 1. The lowest BCUT2D eigenvalue weighted by Gasteiger charge is -2.22. The topological polar surface area (TPSA) is 52.3 Å². The lowest BCUT2D eigenvalue weighted by molar-refractivity contribution is 0.0213. The van der Waals surface area contributed by atoms with E-state index in [-0.39, 0.29) is 12.1 Å². The van der Waals surface area contributed by atoms with E-state index in [1.807, 2.05) is 31.2 Å². The van der Waals surface area contributed by atoms with Crippen molar-refractivity contribution in [3.05, 3.63) is 39.7 Å². The molecule has 2 N–H and O–H groups in total. The summed E-state index contributed by atoms with van der Waals surface area (Å²) >= 11 is 7.39. The summed E-state index contributed by atoms with van der Waals surface area (Å²) < 4.78 is 5.72. The van der Waals surface area contributed by atoms with Crippen LogP contribution < -0.4 is 5.73 Å². The third-order valence-corrected chi connectivity index (χ3v) is 5.46. The number of carbonyl (C=O) groups excluding carboxylic acids is 1. The molecule has 0 radical (unpaired) electrons. The number of rotatable bonds is 3. The summed E-state index contributed by atoms with van der Waals surface area (Å²) in [5, 5.41) is 1.19. The minimum Gasteiger partial charge on any atom is -0.459 e. The van der Waals surface area contributed by atoms with Crippen molar-refractivity contribution < 1.29 is 9.53 Å². The Labute approximate surface area is 145 Å². The maximum absolute atomic E-state index is 12.7. The highest BCUT2D eigenvalue weighted by atomic mass is 35.5. The van der Waals surface area contributed by atoms with Crippen LogP contribution >= 0.6 is 22.9 Å². The second kappa shape index (κ2) is 6.93. The molecule has 0 atom stereocenters. The fraction of sp³-hybridized carbons (Fsp3) is 0.389. The van der Waals surface area contributed by atoms with E-state index < -0.39 is 0 Å². The van der Waals surface area contributed by atoms with Crippen LogP contribution in [0.2, 0.25) is 5.02 Å². The number of aryl methyl sites for hydroxylation is 1. The molecule has 0 amide bonds. The monoisotopic (exact) mass is 349 g/mol. The lowest BCUT2D eigenvalue weighted by atomic mass is 9.97. The van der Waals surface area contributed by atoms with Gasteiger partial charge in [-0.25, -0.2) is 4.79 Å². The largest absolute Gasteiger partial charge is 0.459 e. The van der Waals surface area contributed by atoms with Gasteiger partial charge in [-0.3, -0.25) is 0 Å². The first-order valence-corrected chi connectivity index (χ1v) is 9.11. The van der Waals surface area contributed by atoms with Gasteiger partial charge in [0.25, 0.3) is 0 Å². The molecule has 1 fully saturated rings. The van der Waals surface area contributed by atoms with Gasteiger partial charge in [-0.1, -0.05) is 30.2 Å². The van der Waals surface area contributed by atoms with Crippen LogP contribution in [0, 0.1) is 6.92 Å². The number of hydrogen-bond acceptors (Lipinski definition) is 4. The third-order valence-electron chi connectivity index (χ3n) is 4.27. The molecule has 1 heterocycles. The third kappa shape index (κ3) is 3.54. The summed E-state index contributed by atoms with van der Waals surface area (Å²) in [6, 6.07) is 7.46. The van der Waals surface area contributed by atoms with Crippen LogP contribution in [0.5, 0.6) is 0 Å². The zero-order valence-electron chi connectivity index (χ0n) is 13.1. The van der Waals surface area contributed by atoms with Gasteiger partial charge in [0, 0.05) is 15.5 Å². The Morgan fingerprint density at radius 3 is 2.52 bits per heavy atom. The quantitative estimate of drug-likeness (QED) is 0.749. The molecule has 0 bridgehead atoms. The molecule has 1 aromatic carbocycles. The Morgan fingerprint density at radius 1 is 1.22 bits per heavy atom. The molecular formula is C18H20ClNO2S. The van der Waals surface area contributed by atoms with E-state index >= 15 is 0 Å². The molecule has 1 aliphatic carbocycles. The van der Waals surface area contributed by atoms with Gasteiger partial charge in [0.05, 0.1) is 0 Å². The second-order valence-corrected chi connectivity index (χ2v) is 7.64. The zero-order chi connectivity index (χ0) is 16.4. The zero-order valence-corrected chi connectivity index (χ0v) is 14.7. The first-order valence-electron chi connectivity index (χ1n) is 7.92. The fourth-order valence-corrected chi connectivity index (χ4v) is 4.19. The summed E-state index contributed by atoms with van der Waals surface area (Å²) in [6.07, 6.45) is 5.40. The lowest BCUT2D eigenvalue weighted by Crippen LogP contribution is -2.21. The first kappa shape index (κ1) is 16.3. The maximum atomic E-state index is 12.7. The predicted molar refractivity (Wildman–Crippen MR) is 96.2 cm³/mol. The number of benzene rings is 1. The summed E-state index contributed by atoms with van der Waals surface area (Å²) in [5.74, 6) is -0.302. The van der Waals surface area contributed by atoms with Crippen molar-refractivity contribution in [2.24, 2.45) is 0 Å². The summed E-state index contributed by atoms with van der Waals surface area (Å²) in [4.78, 5) is 13.7. The van der Waals surface area contributed by atoms with Crippen molar-refractivity contribution in [1.82, 2.24) is 0 Å². The Bertz CT molecular complexity index is 703. The van der Waals surface area contributed by atoms with E-state index in [0.717, 1.165) is 41.7 Å². The summed E-state index contributed by atoms with van der Waals surface area (Å²) in [5.41, 5.74) is 8.41. The summed E-state index contributed by atoms with van der Waals surface area (Å²) in [6.45, 7) is 1.97. The molecule has 23 heavy (non-hydrogen) atoms. The highest BCUT2D eigenvalue weighted by molar-refractivity contribution is 7.16. The van der Waals surface area contributed by atoms with Gasteiger partial charge in [0.2, 0.25) is 0 Å². The number of nitrogens with two attached hydrogens (primary N) is 1. The Hall–Kier alpha value is -1.52. The van der Waals surface area contributed by atoms with E-state index in [9.17, 15) is 4.79 Å². The number of thiophene rings is 1. The minimum absolute atomic E-state index is 0.0222. The molecule has 2 aromatic rings. The smallest absolute Gasteiger partial charge is 0.342 e. The predicted octanol–water partition coefficient (Wildman–Crippen LogP) is 5.45. The van der Waals surface area contributed by atoms with E-state index in [1.165, 1.54) is 17.8 Å². The second-order valence-electron chi connectivity index (χ2n) is 5.94. The van der Waals surface area contributed by atoms with Crippen molar-refractivity contribution in [1.29, 1.82) is 0 Å². The van der Waals surface area contributed by atoms with Gasteiger partial charge in [-0.05, 0) is 50.3 Å². The molecule has 122 valence electrons. The van der Waals surface area contributed by atoms with Gasteiger partial charge in [-0.15, -0.1) is 11.3 Å². The van der Waals surface area contributed by atoms with Gasteiger partial charge in [-0.2, -0.15) is 0 Å². The number of hydrogen-bond donors (Lipinski definition) is 1. The summed E-state index contributed by atoms with van der Waals surface area (Å²) in [7, 11) is 0. The normalized spacial score (nSPS) is 15.6. The SMILES string of the molecule is Cc1sc(N)c(C(=O)OC2CCCCC2)c1-c1ccc(Cl)cc1. The van der Waals surface area contributed by atoms with Crippen LogP contribution in [-0.4, -0.2) is 12.1 Å². The molecule has 0 saturated heterocycles. The highest BCUT2D eigenvalue weighted by Gasteiger charge is 2.26. The van der Waals surface area contributed by atoms with E-state index in [2.05, 4.69) is 0 Å². The molecule has 5 heteroatoms. The molecule has 1 aromatic heterocycles. The molecule has 0 spiro atoms. The first-order chi connectivity index (χ1) is 11.1. The molecule has 0 aliphatic heterocycles. The van der Waals surface area contributed by atoms with Crippen molar-refractivity contribution >= 4 is 33.9 Å². The highest BCUT2D eigenvalue weighted by Crippen LogP contribution is 2.39. The fourth-order valence-electron chi connectivity index (χ4n) is 3.13. The average Bonchev–Trinajstić information content (AvgIpc) is 2.83. The standard InChI is InChI=1S/C18H20ClNO2S/c1-11-15(12-7-9-13(19)10-8-12)16(17(20)23-11)18(21)22-14-5-3-2-4-6-14/h7-10,14H,2-6,20H2,1H3. The van der Waals surface area contributed by atoms with Crippen LogP contribution in [0.4, 0.5) is 5.00 Å². The van der Waals surface area contributed by atoms with Gasteiger partial charge >= 0.3 is 5.97 Å². The van der Waals surface area contributed by atoms with Gasteiger partial charge < -0.3 is 10.5 Å². The molecule has 0 unspecified atom stereocenters. The number of anilines is 1. The van der Waals surface area contributed by atoms with Crippen molar-refractivity contribution in [2.45, 2.75) is 45.1 Å². The maximum Gasteiger partial charge on any atom is 0.342 e. The van der Waals surface area contributed by atoms with Crippen LogP contribution in [0.15, 0.2) is 24.3 Å². The van der Waals surface area contributed by atoms with Gasteiger partial charge in [0.1, 0.15) is 16.7 Å². The Balaban J connectivity index is 1.92. The van der Waals surface area contributed by atoms with Crippen molar-refractivity contribution in [2.75, 3.05) is 5.73 Å². The van der Waals surface area contributed by atoms with E-state index in [4.69, 9.17) is 22.1 Å². The molecule has 1 saturated carbocycles. The number of halogens is 1. The molecule has 1 aliphatic rings. The Morgan fingerprint density at radius 2 is 1.87 bits per heavy atom. The number of nitrogen functional groups attached to an aromatic ring is 1. The molecular weight excluding hydrogens is 330 g/mol. The van der Waals surface area contributed by atoms with Crippen LogP contribution in [-0.2, 0) is 4.74 Å². The minimum atomic E-state index is -0.302. The van der Waals surface area contributed by atoms with Crippen molar-refractivity contribution in [3.8, 4) is 11.1 Å². The molecule has 3 rings (SSSR count). The van der Waals surface area contributed by atoms with E-state index in [0.29, 0.717) is 15.6 Å². The van der Waals surface area contributed by atoms with Crippen molar-refractivity contribution in [3.63, 3.8) is 0 Å². The van der Waals surface area contributed by atoms with Gasteiger partial charge in [0.15, 0.2) is 0 Å². The van der Waals surface area contributed by atoms with E-state index in [1.54, 1.807) is 0 Å². The Kier molecular flexibility index (Phi) is 4.93. The van der Waals surface area contributed by atoms with Crippen LogP contribution in [0.25, 0.3) is 11.1 Å². The van der Waals surface area contributed by atoms with Crippen LogP contribution in [0.1, 0.15) is 47.3 Å². The number of ether oxygens (including phenoxy) is 1. The number of carbonyl (C=O) groups is 1.